The molecule has 0 aliphatic rings. The van der Waals surface area contributed by atoms with Gasteiger partial charge in [0.1, 0.15) is 5.82 Å². The average molecular weight is 272 g/mol. The Hall–Kier alpha value is -0.753. The second-order valence-electron chi connectivity index (χ2n) is 4.49. The highest BCUT2D eigenvalue weighted by atomic mass is 28.4. The second kappa shape index (κ2) is 7.63. The van der Waals surface area contributed by atoms with Gasteiger partial charge in [-0.3, -0.25) is 0 Å². The van der Waals surface area contributed by atoms with Crippen molar-refractivity contribution in [2.24, 2.45) is 0 Å². The fraction of sp³-hybridized carbons (Fsp3) is 0.538. The van der Waals surface area contributed by atoms with E-state index in [0.29, 0.717) is 6.04 Å². The molecule has 3 nitrogen and oxygen atoms in total. The van der Waals surface area contributed by atoms with Crippen molar-refractivity contribution in [2.45, 2.75) is 38.1 Å². The van der Waals surface area contributed by atoms with E-state index in [1.807, 2.05) is 6.07 Å². The highest BCUT2D eigenvalue weighted by Gasteiger charge is 2.29. The van der Waals surface area contributed by atoms with Crippen LogP contribution < -0.4 is 0 Å². The van der Waals surface area contributed by atoms with Gasteiger partial charge in [0, 0.05) is 13.2 Å². The average Bonchev–Trinajstić information content (AvgIpc) is 2.34. The molecule has 0 bridgehead atoms. The summed E-state index contributed by atoms with van der Waals surface area (Å²) in [5, 5.41) is 0. The second-order valence-corrected chi connectivity index (χ2v) is 6.89. The van der Waals surface area contributed by atoms with Crippen molar-refractivity contribution in [1.29, 1.82) is 0 Å². The Morgan fingerprint density at radius 1 is 1.17 bits per heavy atom. The molecule has 0 aliphatic carbocycles. The summed E-state index contributed by atoms with van der Waals surface area (Å²) in [5.41, 5.74) is 1.01. The monoisotopic (exact) mass is 272 g/mol. The van der Waals surface area contributed by atoms with Crippen molar-refractivity contribution in [3.63, 3.8) is 0 Å². The minimum absolute atomic E-state index is 0.191. The molecular formula is C13H21FO3Si. The third kappa shape index (κ3) is 6.25. The van der Waals surface area contributed by atoms with Gasteiger partial charge in [-0.1, -0.05) is 25.0 Å². The standard InChI is InChI=1S/C13H21FO3Si/c1-17-18(15,16)10-5-3-2-4-7-12-8-6-9-13(14)11-12/h6,8-9,11,15-16H,2-5,7,10H2,1H3. The number of unbranched alkanes of at least 4 members (excludes halogenated alkanes) is 3. The fourth-order valence-corrected chi connectivity index (χ4v) is 2.75. The minimum Gasteiger partial charge on any atom is -0.390 e. The molecule has 0 saturated heterocycles. The van der Waals surface area contributed by atoms with Crippen LogP contribution in [0.5, 0.6) is 0 Å². The van der Waals surface area contributed by atoms with E-state index in [1.54, 1.807) is 12.1 Å². The van der Waals surface area contributed by atoms with Crippen molar-refractivity contribution < 1.29 is 18.4 Å². The maximum Gasteiger partial charge on any atom is 0.495 e. The van der Waals surface area contributed by atoms with Gasteiger partial charge in [-0.15, -0.1) is 0 Å². The predicted molar refractivity (Wildman–Crippen MR) is 70.6 cm³/mol. The van der Waals surface area contributed by atoms with E-state index in [9.17, 15) is 14.0 Å². The molecule has 0 fully saturated rings. The van der Waals surface area contributed by atoms with E-state index < -0.39 is 8.80 Å². The summed E-state index contributed by atoms with van der Waals surface area (Å²) in [4.78, 5) is 18.6. The van der Waals surface area contributed by atoms with Gasteiger partial charge in [-0.25, -0.2) is 4.39 Å². The first kappa shape index (κ1) is 15.3. The maximum absolute atomic E-state index is 12.9. The molecule has 1 rings (SSSR count). The summed E-state index contributed by atoms with van der Waals surface area (Å²) in [5.74, 6) is -0.191. The normalized spacial score (nSPS) is 11.8. The van der Waals surface area contributed by atoms with E-state index in [2.05, 4.69) is 4.43 Å². The zero-order valence-corrected chi connectivity index (χ0v) is 11.7. The van der Waals surface area contributed by atoms with Gasteiger partial charge in [0.2, 0.25) is 0 Å². The lowest BCUT2D eigenvalue weighted by molar-refractivity contribution is 0.183. The van der Waals surface area contributed by atoms with Crippen LogP contribution in [0.4, 0.5) is 4.39 Å². The van der Waals surface area contributed by atoms with Crippen molar-refractivity contribution >= 4 is 8.80 Å². The van der Waals surface area contributed by atoms with Gasteiger partial charge in [0.25, 0.3) is 0 Å². The Bertz CT molecular complexity index is 358. The van der Waals surface area contributed by atoms with Crippen LogP contribution in [0.3, 0.4) is 0 Å². The van der Waals surface area contributed by atoms with Gasteiger partial charge >= 0.3 is 8.80 Å². The lowest BCUT2D eigenvalue weighted by Gasteiger charge is -2.13. The van der Waals surface area contributed by atoms with E-state index in [-0.39, 0.29) is 5.82 Å². The summed E-state index contributed by atoms with van der Waals surface area (Å²) in [6.07, 6.45) is 4.56. The van der Waals surface area contributed by atoms with Crippen molar-refractivity contribution in [3.8, 4) is 0 Å². The SMILES string of the molecule is CO[Si](O)(O)CCCCCCc1cccc(F)c1. The topological polar surface area (TPSA) is 49.7 Å². The lowest BCUT2D eigenvalue weighted by atomic mass is 10.1. The predicted octanol–water partition coefficient (Wildman–Crippen LogP) is 2.50. The van der Waals surface area contributed by atoms with Gasteiger partial charge < -0.3 is 14.0 Å². The third-order valence-corrected chi connectivity index (χ3v) is 4.59. The van der Waals surface area contributed by atoms with Crippen molar-refractivity contribution in [3.05, 3.63) is 35.6 Å². The van der Waals surface area contributed by atoms with Crippen LogP contribution in [0, 0.1) is 5.82 Å². The number of rotatable bonds is 8. The van der Waals surface area contributed by atoms with Crippen LogP contribution in [-0.4, -0.2) is 25.5 Å². The van der Waals surface area contributed by atoms with Crippen LogP contribution in [0.25, 0.3) is 0 Å². The lowest BCUT2D eigenvalue weighted by Crippen LogP contribution is -2.37. The summed E-state index contributed by atoms with van der Waals surface area (Å²) in [6.45, 7) is 0. The molecule has 0 spiro atoms. The molecular weight excluding hydrogens is 251 g/mol. The van der Waals surface area contributed by atoms with Crippen LogP contribution in [0.1, 0.15) is 31.2 Å². The summed E-state index contributed by atoms with van der Waals surface area (Å²) in [7, 11) is -2.03. The Labute approximate surface area is 109 Å². The number of hydrogen-bond donors (Lipinski definition) is 2. The van der Waals surface area contributed by atoms with E-state index >= 15 is 0 Å². The summed E-state index contributed by atoms with van der Waals surface area (Å²) < 4.78 is 17.5. The first-order valence-corrected chi connectivity index (χ1v) is 8.29. The van der Waals surface area contributed by atoms with Gasteiger partial charge in [0.05, 0.1) is 0 Å². The van der Waals surface area contributed by atoms with E-state index in [1.165, 1.54) is 13.2 Å². The Morgan fingerprint density at radius 3 is 2.56 bits per heavy atom. The molecule has 0 unspecified atom stereocenters. The molecule has 0 aliphatic heterocycles. The highest BCUT2D eigenvalue weighted by molar-refractivity contribution is 6.57. The fourth-order valence-electron chi connectivity index (χ4n) is 1.83. The molecule has 5 heteroatoms. The Morgan fingerprint density at radius 2 is 1.89 bits per heavy atom. The van der Waals surface area contributed by atoms with Crippen LogP contribution in [0.15, 0.2) is 24.3 Å². The van der Waals surface area contributed by atoms with Crippen LogP contribution >= 0.6 is 0 Å². The smallest absolute Gasteiger partial charge is 0.390 e. The molecule has 1 aromatic rings. The first-order chi connectivity index (χ1) is 8.53. The van der Waals surface area contributed by atoms with Crippen molar-refractivity contribution in [2.75, 3.05) is 7.11 Å². The number of benzene rings is 1. The van der Waals surface area contributed by atoms with Crippen molar-refractivity contribution in [1.82, 2.24) is 0 Å². The summed E-state index contributed by atoms with van der Waals surface area (Å²) in [6, 6.07) is 7.00. The molecule has 0 heterocycles. The quantitative estimate of drug-likeness (QED) is 0.564. The largest absolute Gasteiger partial charge is 0.495 e. The molecule has 1 aromatic carbocycles. The van der Waals surface area contributed by atoms with Gasteiger partial charge in [-0.2, -0.15) is 0 Å². The Balaban J connectivity index is 2.09. The minimum atomic E-state index is -3.36. The molecule has 0 radical (unpaired) electrons. The molecule has 0 amide bonds. The molecule has 102 valence electrons. The number of halogens is 1. The Kier molecular flexibility index (Phi) is 6.49. The van der Waals surface area contributed by atoms with Gasteiger partial charge in [0.15, 0.2) is 0 Å². The zero-order chi connectivity index (χ0) is 13.4. The molecule has 0 aromatic heterocycles. The zero-order valence-electron chi connectivity index (χ0n) is 10.7. The van der Waals surface area contributed by atoms with Crippen LogP contribution in [-0.2, 0) is 10.8 Å². The molecule has 0 saturated carbocycles. The molecule has 18 heavy (non-hydrogen) atoms. The maximum atomic E-state index is 12.9. The highest BCUT2D eigenvalue weighted by Crippen LogP contribution is 2.13. The number of aryl methyl sites for hydroxylation is 1. The molecule has 2 N–H and O–H groups in total. The summed E-state index contributed by atoms with van der Waals surface area (Å²) >= 11 is 0. The first-order valence-electron chi connectivity index (χ1n) is 6.28. The molecule has 0 atom stereocenters. The third-order valence-electron chi connectivity index (χ3n) is 2.93. The number of hydrogen-bond acceptors (Lipinski definition) is 3. The van der Waals surface area contributed by atoms with E-state index in [4.69, 9.17) is 0 Å². The van der Waals surface area contributed by atoms with Gasteiger partial charge in [-0.05, 0) is 37.0 Å². The van der Waals surface area contributed by atoms with E-state index in [0.717, 1.165) is 37.7 Å². The van der Waals surface area contributed by atoms with Crippen LogP contribution in [0.2, 0.25) is 6.04 Å².